The minimum Gasteiger partial charge on any atom is -0.508 e. The van der Waals surface area contributed by atoms with Crippen LogP contribution in [0.3, 0.4) is 0 Å². The summed E-state index contributed by atoms with van der Waals surface area (Å²) < 4.78 is 0. The van der Waals surface area contributed by atoms with E-state index in [9.17, 15) is 5.11 Å². The maximum Gasteiger partial charge on any atom is 0.115 e. The lowest BCUT2D eigenvalue weighted by atomic mass is 9.98. The van der Waals surface area contributed by atoms with Gasteiger partial charge < -0.3 is 5.11 Å². The molecule has 1 aromatic rings. The van der Waals surface area contributed by atoms with Crippen molar-refractivity contribution in [3.63, 3.8) is 0 Å². The zero-order valence-corrected chi connectivity index (χ0v) is 9.11. The topological polar surface area (TPSA) is 23.5 Å². The number of rotatable bonds is 1. The number of nitrogens with zero attached hydrogens (tertiary/aromatic N) is 1. The molecule has 2 heteroatoms. The van der Waals surface area contributed by atoms with E-state index in [1.54, 1.807) is 0 Å². The second-order valence-electron chi connectivity index (χ2n) is 4.68. The molecule has 0 spiro atoms. The van der Waals surface area contributed by atoms with Crippen LogP contribution in [0.4, 0.5) is 0 Å². The minimum atomic E-state index is 0.421. The van der Waals surface area contributed by atoms with Crippen LogP contribution < -0.4 is 0 Å². The van der Waals surface area contributed by atoms with Crippen molar-refractivity contribution in [3.05, 3.63) is 29.3 Å². The fraction of sp³-hybridized carbons (Fsp3) is 0.538. The first-order chi connectivity index (χ1) is 7.29. The van der Waals surface area contributed by atoms with Gasteiger partial charge in [0.25, 0.3) is 0 Å². The van der Waals surface area contributed by atoms with Gasteiger partial charge in [-0.05, 0) is 49.2 Å². The summed E-state index contributed by atoms with van der Waals surface area (Å²) in [6.45, 7) is 4.62. The van der Waals surface area contributed by atoms with E-state index >= 15 is 0 Å². The summed E-state index contributed by atoms with van der Waals surface area (Å²) in [5, 5.41) is 9.53. The maximum absolute atomic E-state index is 9.53. The molecule has 0 amide bonds. The molecule has 2 nitrogen and oxygen atoms in total. The van der Waals surface area contributed by atoms with Crippen molar-refractivity contribution in [2.45, 2.75) is 31.7 Å². The Bertz CT molecular complexity index is 388. The monoisotopic (exact) mass is 203 g/mol. The van der Waals surface area contributed by atoms with Crippen molar-refractivity contribution >= 4 is 0 Å². The summed E-state index contributed by atoms with van der Waals surface area (Å²) in [5.74, 6) is 1.09. The van der Waals surface area contributed by atoms with Crippen LogP contribution in [0.25, 0.3) is 0 Å². The average molecular weight is 203 g/mol. The fourth-order valence-electron chi connectivity index (χ4n) is 3.28. The number of phenolic OH excluding ortho intramolecular Hbond substituents is 1. The smallest absolute Gasteiger partial charge is 0.115 e. The third-order valence-corrected chi connectivity index (χ3v) is 4.02. The lowest BCUT2D eigenvalue weighted by Gasteiger charge is -2.21. The van der Waals surface area contributed by atoms with Gasteiger partial charge in [0, 0.05) is 12.0 Å². The number of benzene rings is 1. The molecule has 1 fully saturated rings. The maximum atomic E-state index is 9.53. The molecule has 80 valence electrons. The third kappa shape index (κ3) is 1.28. The highest BCUT2D eigenvalue weighted by molar-refractivity contribution is 5.43. The summed E-state index contributed by atoms with van der Waals surface area (Å²) in [6, 6.07) is 6.58. The average Bonchev–Trinajstić information content (AvgIpc) is 2.76. The van der Waals surface area contributed by atoms with Gasteiger partial charge in [0.05, 0.1) is 0 Å². The molecule has 3 rings (SSSR count). The van der Waals surface area contributed by atoms with E-state index in [-0.39, 0.29) is 0 Å². The molecule has 15 heavy (non-hydrogen) atoms. The molecule has 1 aliphatic heterocycles. The Hall–Kier alpha value is -1.02. The number of likely N-dealkylation sites (N-methyl/N-ethyl adjacent to an activating group) is 1. The summed E-state index contributed by atoms with van der Waals surface area (Å²) >= 11 is 0. The second kappa shape index (κ2) is 3.24. The predicted molar refractivity (Wildman–Crippen MR) is 60.2 cm³/mol. The first-order valence-electron chi connectivity index (χ1n) is 5.85. The summed E-state index contributed by atoms with van der Waals surface area (Å²) in [5.41, 5.74) is 2.84. The van der Waals surface area contributed by atoms with Gasteiger partial charge >= 0.3 is 0 Å². The van der Waals surface area contributed by atoms with Gasteiger partial charge in [-0.1, -0.05) is 13.0 Å². The van der Waals surface area contributed by atoms with Crippen LogP contribution in [-0.2, 0) is 6.42 Å². The molecule has 2 atom stereocenters. The van der Waals surface area contributed by atoms with Crippen LogP contribution >= 0.6 is 0 Å². The molecule has 2 aliphatic rings. The minimum absolute atomic E-state index is 0.421. The van der Waals surface area contributed by atoms with Gasteiger partial charge in [0.1, 0.15) is 5.75 Å². The van der Waals surface area contributed by atoms with E-state index in [1.807, 2.05) is 12.1 Å². The van der Waals surface area contributed by atoms with Gasteiger partial charge in [-0.15, -0.1) is 0 Å². The van der Waals surface area contributed by atoms with Crippen LogP contribution in [0.5, 0.6) is 5.75 Å². The van der Waals surface area contributed by atoms with Crippen molar-refractivity contribution in [2.75, 3.05) is 13.1 Å². The molecular formula is C13H17NO. The van der Waals surface area contributed by atoms with Gasteiger partial charge in [0.15, 0.2) is 0 Å². The van der Waals surface area contributed by atoms with Gasteiger partial charge in [-0.3, -0.25) is 4.90 Å². The quantitative estimate of drug-likeness (QED) is 0.755. The number of phenols is 1. The largest absolute Gasteiger partial charge is 0.508 e. The number of likely N-dealkylation sites (tertiary alicyclic amines) is 1. The molecule has 1 saturated heterocycles. The van der Waals surface area contributed by atoms with Crippen LogP contribution in [0.2, 0.25) is 0 Å². The molecule has 1 aliphatic carbocycles. The van der Waals surface area contributed by atoms with E-state index < -0.39 is 0 Å². The number of hydrogen-bond donors (Lipinski definition) is 1. The molecule has 0 aromatic heterocycles. The highest BCUT2D eigenvalue weighted by Crippen LogP contribution is 2.43. The van der Waals surface area contributed by atoms with E-state index in [0.29, 0.717) is 17.7 Å². The molecule has 0 radical (unpaired) electrons. The molecule has 1 heterocycles. The van der Waals surface area contributed by atoms with Crippen molar-refractivity contribution in [3.8, 4) is 5.75 Å². The predicted octanol–water partition coefficient (Wildman–Crippen LogP) is 2.13. The lowest BCUT2D eigenvalue weighted by Crippen LogP contribution is -2.30. The molecule has 0 saturated carbocycles. The number of hydrogen-bond acceptors (Lipinski definition) is 2. The SMILES string of the molecule is CCN1CCC2c3cc(O)ccc3CC21. The van der Waals surface area contributed by atoms with E-state index in [2.05, 4.69) is 17.9 Å². The van der Waals surface area contributed by atoms with Crippen LogP contribution in [0.15, 0.2) is 18.2 Å². The Morgan fingerprint density at radius 3 is 3.13 bits per heavy atom. The fourth-order valence-corrected chi connectivity index (χ4v) is 3.28. The first kappa shape index (κ1) is 9.22. The Kier molecular flexibility index (Phi) is 1.99. The molecule has 2 unspecified atom stereocenters. The highest BCUT2D eigenvalue weighted by Gasteiger charge is 2.40. The van der Waals surface area contributed by atoms with Crippen LogP contribution in [-0.4, -0.2) is 29.1 Å². The van der Waals surface area contributed by atoms with E-state index in [0.717, 1.165) is 6.54 Å². The van der Waals surface area contributed by atoms with Crippen molar-refractivity contribution in [1.82, 2.24) is 4.90 Å². The second-order valence-corrected chi connectivity index (χ2v) is 4.68. The van der Waals surface area contributed by atoms with Crippen molar-refractivity contribution in [2.24, 2.45) is 0 Å². The van der Waals surface area contributed by atoms with Gasteiger partial charge in [0.2, 0.25) is 0 Å². The van der Waals surface area contributed by atoms with E-state index in [1.165, 1.54) is 30.5 Å². The molecule has 0 bridgehead atoms. The van der Waals surface area contributed by atoms with Gasteiger partial charge in [-0.2, -0.15) is 0 Å². The van der Waals surface area contributed by atoms with Crippen molar-refractivity contribution in [1.29, 1.82) is 0 Å². The molecule has 1 aromatic carbocycles. The Balaban J connectivity index is 1.98. The third-order valence-electron chi connectivity index (χ3n) is 4.02. The Labute approximate surface area is 90.5 Å². The Morgan fingerprint density at radius 1 is 1.47 bits per heavy atom. The summed E-state index contributed by atoms with van der Waals surface area (Å²) in [4.78, 5) is 2.57. The Morgan fingerprint density at radius 2 is 2.33 bits per heavy atom. The van der Waals surface area contributed by atoms with Gasteiger partial charge in [-0.25, -0.2) is 0 Å². The summed E-state index contributed by atoms with van der Waals surface area (Å²) in [7, 11) is 0. The van der Waals surface area contributed by atoms with Crippen molar-refractivity contribution < 1.29 is 5.11 Å². The normalized spacial score (nSPS) is 29.1. The first-order valence-corrected chi connectivity index (χ1v) is 5.85. The highest BCUT2D eigenvalue weighted by atomic mass is 16.3. The van der Waals surface area contributed by atoms with E-state index in [4.69, 9.17) is 0 Å². The zero-order chi connectivity index (χ0) is 10.4. The van der Waals surface area contributed by atoms with Crippen LogP contribution in [0, 0.1) is 0 Å². The zero-order valence-electron chi connectivity index (χ0n) is 9.11. The molecular weight excluding hydrogens is 186 g/mol. The lowest BCUT2D eigenvalue weighted by molar-refractivity contribution is 0.265. The summed E-state index contributed by atoms with van der Waals surface area (Å²) in [6.07, 6.45) is 2.43. The number of fused-ring (bicyclic) bond motifs is 3. The van der Waals surface area contributed by atoms with Crippen LogP contribution in [0.1, 0.15) is 30.4 Å². The number of aromatic hydroxyl groups is 1. The standard InChI is InChI=1S/C13H17NO/c1-2-14-6-5-11-12-8-10(15)4-3-9(12)7-13(11)14/h3-4,8,11,13,15H,2,5-7H2,1H3. The molecule has 1 N–H and O–H groups in total.